The first-order valence-electron chi connectivity index (χ1n) is 6.82. The van der Waals surface area contributed by atoms with Crippen LogP contribution in [-0.2, 0) is 9.53 Å². The van der Waals surface area contributed by atoms with Gasteiger partial charge in [0.1, 0.15) is 0 Å². The Balaban J connectivity index is 2.09. The predicted molar refractivity (Wildman–Crippen MR) is 69.0 cm³/mol. The standard InChI is InChI=1S/C13H26N2O2/c1-4-6-7-14-13(16)10(3)15-11-8-12(9-11)17-5-2/h10-12,15H,4-9H2,1-3H3,(H,14,16). The van der Waals surface area contributed by atoms with Gasteiger partial charge >= 0.3 is 0 Å². The van der Waals surface area contributed by atoms with Crippen LogP contribution in [0.25, 0.3) is 0 Å². The molecule has 1 unspecified atom stereocenters. The molecule has 0 bridgehead atoms. The van der Waals surface area contributed by atoms with Gasteiger partial charge in [0.05, 0.1) is 12.1 Å². The molecule has 1 rings (SSSR count). The first-order chi connectivity index (χ1) is 8.17. The number of rotatable bonds is 8. The Morgan fingerprint density at radius 3 is 2.71 bits per heavy atom. The average molecular weight is 242 g/mol. The van der Waals surface area contributed by atoms with Crippen molar-refractivity contribution in [3.63, 3.8) is 0 Å². The molecule has 0 aromatic carbocycles. The zero-order chi connectivity index (χ0) is 12.7. The second-order valence-corrected chi connectivity index (χ2v) is 4.78. The Labute approximate surface area is 104 Å². The minimum Gasteiger partial charge on any atom is -0.378 e. The van der Waals surface area contributed by atoms with E-state index in [1.165, 1.54) is 0 Å². The number of carbonyl (C=O) groups is 1. The largest absolute Gasteiger partial charge is 0.378 e. The van der Waals surface area contributed by atoms with E-state index in [-0.39, 0.29) is 11.9 Å². The summed E-state index contributed by atoms with van der Waals surface area (Å²) in [5, 5.41) is 6.28. The fourth-order valence-electron chi connectivity index (χ4n) is 2.04. The SMILES string of the molecule is CCCCNC(=O)C(C)NC1CC(OCC)C1. The lowest BCUT2D eigenvalue weighted by Crippen LogP contribution is -2.53. The summed E-state index contributed by atoms with van der Waals surface area (Å²) in [6.45, 7) is 7.63. The summed E-state index contributed by atoms with van der Waals surface area (Å²) in [6.07, 6.45) is 4.61. The molecule has 4 heteroatoms. The predicted octanol–water partition coefficient (Wildman–Crippen LogP) is 1.45. The van der Waals surface area contributed by atoms with Gasteiger partial charge in [0, 0.05) is 19.2 Å². The molecule has 1 fully saturated rings. The van der Waals surface area contributed by atoms with Crippen LogP contribution in [0.2, 0.25) is 0 Å². The lowest BCUT2D eigenvalue weighted by atomic mass is 9.88. The molecule has 17 heavy (non-hydrogen) atoms. The molecule has 0 aromatic rings. The van der Waals surface area contributed by atoms with Gasteiger partial charge < -0.3 is 15.4 Å². The highest BCUT2D eigenvalue weighted by Crippen LogP contribution is 2.23. The van der Waals surface area contributed by atoms with E-state index in [4.69, 9.17) is 4.74 Å². The number of hydrogen-bond donors (Lipinski definition) is 2. The monoisotopic (exact) mass is 242 g/mol. The highest BCUT2D eigenvalue weighted by Gasteiger charge is 2.31. The first-order valence-corrected chi connectivity index (χ1v) is 6.82. The van der Waals surface area contributed by atoms with Crippen molar-refractivity contribution in [3.8, 4) is 0 Å². The van der Waals surface area contributed by atoms with Crippen LogP contribution in [0.1, 0.15) is 46.5 Å². The van der Waals surface area contributed by atoms with Gasteiger partial charge in [0.2, 0.25) is 5.91 Å². The van der Waals surface area contributed by atoms with E-state index in [0.717, 1.165) is 38.8 Å². The molecule has 1 amide bonds. The molecule has 0 saturated heterocycles. The molecule has 2 N–H and O–H groups in total. The molecule has 1 atom stereocenters. The number of hydrogen-bond acceptors (Lipinski definition) is 3. The number of unbranched alkanes of at least 4 members (excludes halogenated alkanes) is 1. The number of carbonyl (C=O) groups excluding carboxylic acids is 1. The third-order valence-electron chi connectivity index (χ3n) is 3.21. The molecule has 4 nitrogen and oxygen atoms in total. The number of ether oxygens (including phenoxy) is 1. The molecule has 0 heterocycles. The van der Waals surface area contributed by atoms with Gasteiger partial charge in [-0.15, -0.1) is 0 Å². The van der Waals surface area contributed by atoms with Crippen molar-refractivity contribution < 1.29 is 9.53 Å². The third-order valence-corrected chi connectivity index (χ3v) is 3.21. The van der Waals surface area contributed by atoms with Gasteiger partial charge in [-0.25, -0.2) is 0 Å². The van der Waals surface area contributed by atoms with Gasteiger partial charge in [-0.3, -0.25) is 4.79 Å². The van der Waals surface area contributed by atoms with Crippen molar-refractivity contribution in [2.24, 2.45) is 0 Å². The average Bonchev–Trinajstić information content (AvgIpc) is 2.26. The van der Waals surface area contributed by atoms with Crippen LogP contribution in [-0.4, -0.2) is 37.2 Å². The zero-order valence-corrected chi connectivity index (χ0v) is 11.3. The lowest BCUT2D eigenvalue weighted by Gasteiger charge is -2.37. The summed E-state index contributed by atoms with van der Waals surface area (Å²) < 4.78 is 5.49. The molecule has 0 aromatic heterocycles. The van der Waals surface area contributed by atoms with Crippen LogP contribution in [0.4, 0.5) is 0 Å². The Hall–Kier alpha value is -0.610. The Morgan fingerprint density at radius 2 is 2.12 bits per heavy atom. The van der Waals surface area contributed by atoms with Crippen LogP contribution >= 0.6 is 0 Å². The van der Waals surface area contributed by atoms with E-state index in [2.05, 4.69) is 17.6 Å². The number of nitrogens with one attached hydrogen (secondary N) is 2. The summed E-state index contributed by atoms with van der Waals surface area (Å²) in [5.41, 5.74) is 0. The van der Waals surface area contributed by atoms with Gasteiger partial charge in [0.15, 0.2) is 0 Å². The Kier molecular flexibility index (Phi) is 6.52. The second-order valence-electron chi connectivity index (χ2n) is 4.78. The molecule has 0 radical (unpaired) electrons. The normalized spacial score (nSPS) is 25.1. The molecule has 0 spiro atoms. The molecule has 100 valence electrons. The van der Waals surface area contributed by atoms with Crippen molar-refractivity contribution in [1.82, 2.24) is 10.6 Å². The van der Waals surface area contributed by atoms with Crippen LogP contribution in [0.5, 0.6) is 0 Å². The summed E-state index contributed by atoms with van der Waals surface area (Å²) in [7, 11) is 0. The lowest BCUT2D eigenvalue weighted by molar-refractivity contribution is -0.123. The highest BCUT2D eigenvalue weighted by molar-refractivity contribution is 5.81. The highest BCUT2D eigenvalue weighted by atomic mass is 16.5. The fraction of sp³-hybridized carbons (Fsp3) is 0.923. The van der Waals surface area contributed by atoms with E-state index in [1.54, 1.807) is 0 Å². The third kappa shape index (κ3) is 5.04. The maximum absolute atomic E-state index is 11.7. The maximum atomic E-state index is 11.7. The van der Waals surface area contributed by atoms with Gasteiger partial charge in [0.25, 0.3) is 0 Å². The molecule has 1 saturated carbocycles. The van der Waals surface area contributed by atoms with Gasteiger partial charge in [-0.1, -0.05) is 13.3 Å². The van der Waals surface area contributed by atoms with E-state index >= 15 is 0 Å². The van der Waals surface area contributed by atoms with E-state index < -0.39 is 0 Å². The Morgan fingerprint density at radius 1 is 1.41 bits per heavy atom. The number of amides is 1. The minimum atomic E-state index is -0.0977. The minimum absolute atomic E-state index is 0.0977. The van der Waals surface area contributed by atoms with E-state index in [9.17, 15) is 4.79 Å². The van der Waals surface area contributed by atoms with Crippen molar-refractivity contribution in [2.75, 3.05) is 13.2 Å². The molecule has 0 aliphatic heterocycles. The molecular formula is C13H26N2O2. The smallest absolute Gasteiger partial charge is 0.236 e. The second kappa shape index (κ2) is 7.67. The van der Waals surface area contributed by atoms with Gasteiger partial charge in [-0.05, 0) is 33.1 Å². The Bertz CT molecular complexity index is 227. The molecular weight excluding hydrogens is 216 g/mol. The van der Waals surface area contributed by atoms with E-state index in [0.29, 0.717) is 12.1 Å². The van der Waals surface area contributed by atoms with Crippen molar-refractivity contribution in [3.05, 3.63) is 0 Å². The van der Waals surface area contributed by atoms with Crippen molar-refractivity contribution >= 4 is 5.91 Å². The van der Waals surface area contributed by atoms with Gasteiger partial charge in [-0.2, -0.15) is 0 Å². The topological polar surface area (TPSA) is 50.4 Å². The van der Waals surface area contributed by atoms with Crippen LogP contribution < -0.4 is 10.6 Å². The zero-order valence-electron chi connectivity index (χ0n) is 11.3. The van der Waals surface area contributed by atoms with Crippen molar-refractivity contribution in [2.45, 2.75) is 64.6 Å². The van der Waals surface area contributed by atoms with Crippen molar-refractivity contribution in [1.29, 1.82) is 0 Å². The summed E-state index contributed by atoms with van der Waals surface area (Å²) in [4.78, 5) is 11.7. The summed E-state index contributed by atoms with van der Waals surface area (Å²) >= 11 is 0. The fourth-order valence-corrected chi connectivity index (χ4v) is 2.04. The maximum Gasteiger partial charge on any atom is 0.236 e. The molecule has 1 aliphatic rings. The quantitative estimate of drug-likeness (QED) is 0.633. The van der Waals surface area contributed by atoms with Crippen LogP contribution in [0.3, 0.4) is 0 Å². The van der Waals surface area contributed by atoms with Crippen LogP contribution in [0.15, 0.2) is 0 Å². The van der Waals surface area contributed by atoms with Crippen LogP contribution in [0, 0.1) is 0 Å². The summed E-state index contributed by atoms with van der Waals surface area (Å²) in [6, 6.07) is 0.345. The molecule has 1 aliphatic carbocycles. The summed E-state index contributed by atoms with van der Waals surface area (Å²) in [5.74, 6) is 0.110. The van der Waals surface area contributed by atoms with E-state index in [1.807, 2.05) is 13.8 Å². The first kappa shape index (κ1) is 14.5.